The first-order chi connectivity index (χ1) is 11.5. The number of carboxylic acids is 1. The molecule has 0 spiro atoms. The molecule has 0 fully saturated rings. The smallest absolute Gasteiger partial charge is 0.328 e. The van der Waals surface area contributed by atoms with Crippen molar-refractivity contribution in [2.45, 2.75) is 39.7 Å². The topological polar surface area (TPSA) is 118 Å². The number of methoxy groups -OCH3 is 1. The zero-order valence-electron chi connectivity index (χ0n) is 14.7. The maximum absolute atomic E-state index is 11.2. The number of amidine groups is 1. The average Bonchev–Trinajstić information content (AvgIpc) is 2.56. The van der Waals surface area contributed by atoms with Crippen molar-refractivity contribution in [3.8, 4) is 11.5 Å². The minimum Gasteiger partial charge on any atom is -0.507 e. The molecule has 0 aromatic heterocycles. The number of carbonyl (C=O) groups is 1. The van der Waals surface area contributed by atoms with E-state index < -0.39 is 12.0 Å². The summed E-state index contributed by atoms with van der Waals surface area (Å²) >= 11 is 0. The predicted molar refractivity (Wildman–Crippen MR) is 96.4 cm³/mol. The maximum Gasteiger partial charge on any atom is 0.328 e. The molecule has 0 radical (unpaired) electrons. The van der Waals surface area contributed by atoms with Gasteiger partial charge in [-0.2, -0.15) is 0 Å². The van der Waals surface area contributed by atoms with Crippen molar-refractivity contribution in [2.75, 3.05) is 13.7 Å². The standard InChI is InChI=1S/C15H21N3O4.C2H6/c1-10(16)17-8-4-5-12(15(20)21)18-9-11-13(19)6-3-7-14(11)22-2;1-2/h3,6-7,9,12,19H,4-5,8H2,1-2H3,(H2,16,17)(H,20,21);1-2H3. The van der Waals surface area contributed by atoms with Crippen LogP contribution in [0.4, 0.5) is 0 Å². The largest absolute Gasteiger partial charge is 0.507 e. The number of hydrogen-bond acceptors (Lipinski definition) is 5. The zero-order chi connectivity index (χ0) is 18.5. The van der Waals surface area contributed by atoms with Crippen LogP contribution in [0.25, 0.3) is 0 Å². The molecule has 7 heteroatoms. The van der Waals surface area contributed by atoms with Crippen molar-refractivity contribution in [3.63, 3.8) is 0 Å². The third-order valence-corrected chi connectivity index (χ3v) is 2.93. The lowest BCUT2D eigenvalue weighted by atomic mass is 10.1. The highest BCUT2D eigenvalue weighted by atomic mass is 16.5. The minimum atomic E-state index is -1.03. The average molecular weight is 337 g/mol. The van der Waals surface area contributed by atoms with E-state index in [1.165, 1.54) is 19.4 Å². The highest BCUT2D eigenvalue weighted by molar-refractivity contribution is 5.89. The first-order valence-electron chi connectivity index (χ1n) is 7.84. The molecule has 134 valence electrons. The van der Waals surface area contributed by atoms with Gasteiger partial charge >= 0.3 is 5.97 Å². The molecule has 1 aromatic carbocycles. The van der Waals surface area contributed by atoms with Crippen LogP contribution in [0.2, 0.25) is 0 Å². The molecule has 1 rings (SSSR count). The Balaban J connectivity index is 0.00000254. The third-order valence-electron chi connectivity index (χ3n) is 2.93. The van der Waals surface area contributed by atoms with E-state index >= 15 is 0 Å². The number of nitrogens with two attached hydrogens (primary N) is 1. The Bertz CT molecular complexity index is 567. The van der Waals surface area contributed by atoms with Gasteiger partial charge in [-0.05, 0) is 31.9 Å². The highest BCUT2D eigenvalue weighted by Gasteiger charge is 2.15. The number of benzene rings is 1. The summed E-state index contributed by atoms with van der Waals surface area (Å²) in [6.45, 7) is 6.14. The molecule has 0 heterocycles. The predicted octanol–water partition coefficient (Wildman–Crippen LogP) is 2.46. The Morgan fingerprint density at radius 1 is 1.42 bits per heavy atom. The zero-order valence-corrected chi connectivity index (χ0v) is 14.7. The van der Waals surface area contributed by atoms with Gasteiger partial charge < -0.3 is 20.7 Å². The molecule has 4 N–H and O–H groups in total. The number of ether oxygens (including phenoxy) is 1. The second kappa shape index (κ2) is 11.9. The van der Waals surface area contributed by atoms with Crippen molar-refractivity contribution < 1.29 is 19.7 Å². The summed E-state index contributed by atoms with van der Waals surface area (Å²) < 4.78 is 5.11. The number of rotatable bonds is 8. The molecule has 24 heavy (non-hydrogen) atoms. The van der Waals surface area contributed by atoms with Crippen molar-refractivity contribution in [1.82, 2.24) is 0 Å². The number of hydrogen-bond donors (Lipinski definition) is 3. The lowest BCUT2D eigenvalue weighted by Crippen LogP contribution is -2.18. The normalized spacial score (nSPS) is 12.4. The molecule has 0 saturated carbocycles. The molecule has 0 aliphatic carbocycles. The number of aliphatic imine (C=N–C) groups is 2. The molecule has 1 aromatic rings. The fraction of sp³-hybridized carbons (Fsp3) is 0.471. The quantitative estimate of drug-likeness (QED) is 0.382. The molecule has 0 amide bonds. The molecular formula is C17H27N3O4. The summed E-state index contributed by atoms with van der Waals surface area (Å²) in [6, 6.07) is 3.87. The van der Waals surface area contributed by atoms with Crippen LogP contribution in [-0.2, 0) is 4.79 Å². The molecule has 1 atom stereocenters. The molecule has 1 unspecified atom stereocenters. The molecule has 0 saturated heterocycles. The van der Waals surface area contributed by atoms with Crippen molar-refractivity contribution in [1.29, 1.82) is 0 Å². The van der Waals surface area contributed by atoms with E-state index in [1.807, 2.05) is 13.8 Å². The summed E-state index contributed by atoms with van der Waals surface area (Å²) in [4.78, 5) is 19.3. The van der Waals surface area contributed by atoms with Crippen molar-refractivity contribution in [2.24, 2.45) is 15.7 Å². The molecule has 0 aliphatic heterocycles. The molecule has 7 nitrogen and oxygen atoms in total. The van der Waals surface area contributed by atoms with E-state index in [9.17, 15) is 15.0 Å². The van der Waals surface area contributed by atoms with Crippen LogP contribution in [-0.4, -0.2) is 47.9 Å². The van der Waals surface area contributed by atoms with Crippen LogP contribution in [0, 0.1) is 0 Å². The maximum atomic E-state index is 11.2. The van der Waals surface area contributed by atoms with Gasteiger partial charge in [0, 0.05) is 12.8 Å². The van der Waals surface area contributed by atoms with E-state index in [0.717, 1.165) is 0 Å². The van der Waals surface area contributed by atoms with Gasteiger partial charge in [0.05, 0.1) is 18.5 Å². The number of aromatic hydroxyl groups is 1. The lowest BCUT2D eigenvalue weighted by Gasteiger charge is -2.09. The Hall–Kier alpha value is -2.57. The Morgan fingerprint density at radius 3 is 2.62 bits per heavy atom. The van der Waals surface area contributed by atoms with Gasteiger partial charge in [-0.1, -0.05) is 19.9 Å². The Kier molecular flexibility index (Phi) is 10.6. The fourth-order valence-electron chi connectivity index (χ4n) is 1.81. The Morgan fingerprint density at radius 2 is 2.08 bits per heavy atom. The van der Waals surface area contributed by atoms with Crippen LogP contribution in [0.3, 0.4) is 0 Å². The number of aliphatic carboxylic acids is 1. The van der Waals surface area contributed by atoms with Crippen molar-refractivity contribution in [3.05, 3.63) is 23.8 Å². The second-order valence-electron chi connectivity index (χ2n) is 4.69. The van der Waals surface area contributed by atoms with Gasteiger partial charge in [0.1, 0.15) is 17.5 Å². The number of phenolic OH excluding ortho intramolecular Hbond substituents is 1. The molecular weight excluding hydrogens is 310 g/mol. The van der Waals surface area contributed by atoms with Gasteiger partial charge in [0.25, 0.3) is 0 Å². The SMILES string of the molecule is CC.COc1cccc(O)c1C=NC(CCCN=C(C)N)C(=O)O. The summed E-state index contributed by atoms with van der Waals surface area (Å²) in [5.74, 6) is -0.153. The Labute approximate surface area is 142 Å². The van der Waals surface area contributed by atoms with Crippen LogP contribution in [0.5, 0.6) is 11.5 Å². The van der Waals surface area contributed by atoms with Crippen LogP contribution >= 0.6 is 0 Å². The van der Waals surface area contributed by atoms with E-state index in [4.69, 9.17) is 10.5 Å². The van der Waals surface area contributed by atoms with Crippen molar-refractivity contribution >= 4 is 18.0 Å². The first-order valence-corrected chi connectivity index (χ1v) is 7.84. The first kappa shape index (κ1) is 21.4. The van der Waals surface area contributed by atoms with Crippen LogP contribution in [0.15, 0.2) is 28.2 Å². The second-order valence-corrected chi connectivity index (χ2v) is 4.69. The summed E-state index contributed by atoms with van der Waals surface area (Å²) in [6.07, 6.45) is 2.21. The summed E-state index contributed by atoms with van der Waals surface area (Å²) in [5, 5.41) is 19.0. The monoisotopic (exact) mass is 337 g/mol. The van der Waals surface area contributed by atoms with Gasteiger partial charge in [-0.15, -0.1) is 0 Å². The van der Waals surface area contributed by atoms with Gasteiger partial charge in [-0.25, -0.2) is 4.79 Å². The number of phenols is 1. The third kappa shape index (κ3) is 7.62. The van der Waals surface area contributed by atoms with E-state index in [2.05, 4.69) is 9.98 Å². The van der Waals surface area contributed by atoms with Crippen LogP contribution < -0.4 is 10.5 Å². The van der Waals surface area contributed by atoms with E-state index in [0.29, 0.717) is 36.5 Å². The fourth-order valence-corrected chi connectivity index (χ4v) is 1.81. The molecule has 0 aliphatic rings. The minimum absolute atomic E-state index is 0.0180. The summed E-state index contributed by atoms with van der Waals surface area (Å²) in [7, 11) is 1.47. The van der Waals surface area contributed by atoms with Gasteiger partial charge in [-0.3, -0.25) is 9.98 Å². The van der Waals surface area contributed by atoms with E-state index in [1.54, 1.807) is 19.1 Å². The summed E-state index contributed by atoms with van der Waals surface area (Å²) in [5.41, 5.74) is 5.77. The number of carboxylic acid groups (broad SMARTS) is 1. The molecule has 0 bridgehead atoms. The van der Waals surface area contributed by atoms with Gasteiger partial charge in [0.15, 0.2) is 0 Å². The number of nitrogens with zero attached hydrogens (tertiary/aromatic N) is 2. The van der Waals surface area contributed by atoms with Gasteiger partial charge in [0.2, 0.25) is 0 Å². The lowest BCUT2D eigenvalue weighted by molar-refractivity contribution is -0.138. The van der Waals surface area contributed by atoms with E-state index in [-0.39, 0.29) is 5.75 Å². The highest BCUT2D eigenvalue weighted by Crippen LogP contribution is 2.25. The van der Waals surface area contributed by atoms with Crippen LogP contribution in [0.1, 0.15) is 39.2 Å².